The lowest BCUT2D eigenvalue weighted by Gasteiger charge is -1.97. The molecule has 0 aliphatic carbocycles. The minimum Gasteiger partial charge on any atom is -0.390 e. The van der Waals surface area contributed by atoms with E-state index in [9.17, 15) is 0 Å². The van der Waals surface area contributed by atoms with Gasteiger partial charge in [-0.1, -0.05) is 28.1 Å². The molecule has 0 aliphatic rings. The molecule has 1 aromatic heterocycles. The van der Waals surface area contributed by atoms with Crippen LogP contribution in [-0.4, -0.2) is 10.1 Å². The van der Waals surface area contributed by atoms with Crippen molar-refractivity contribution in [1.82, 2.24) is 4.98 Å². The van der Waals surface area contributed by atoms with E-state index < -0.39 is 0 Å². The number of aliphatic hydroxyl groups excluding tert-OH is 1. The van der Waals surface area contributed by atoms with Crippen LogP contribution in [0.15, 0.2) is 34.1 Å². The van der Waals surface area contributed by atoms with Crippen LogP contribution in [-0.2, 0) is 13.0 Å². The zero-order chi connectivity index (χ0) is 10.7. The van der Waals surface area contributed by atoms with Crippen molar-refractivity contribution in [3.05, 3.63) is 50.4 Å². The number of hydrogen-bond donors (Lipinski definition) is 1. The molecule has 0 atom stereocenters. The van der Waals surface area contributed by atoms with Crippen LogP contribution in [0, 0.1) is 0 Å². The zero-order valence-corrected chi connectivity index (χ0v) is 10.4. The quantitative estimate of drug-likeness (QED) is 0.940. The molecule has 0 saturated heterocycles. The van der Waals surface area contributed by atoms with E-state index in [4.69, 9.17) is 5.11 Å². The average molecular weight is 284 g/mol. The molecule has 0 radical (unpaired) electrons. The summed E-state index contributed by atoms with van der Waals surface area (Å²) in [5.41, 5.74) is 1.99. The number of halogens is 1. The van der Waals surface area contributed by atoms with Crippen molar-refractivity contribution in [1.29, 1.82) is 0 Å². The lowest BCUT2D eigenvalue weighted by atomic mass is 10.2. The van der Waals surface area contributed by atoms with Gasteiger partial charge in [-0.2, -0.15) is 0 Å². The van der Waals surface area contributed by atoms with Gasteiger partial charge in [0, 0.05) is 16.3 Å². The molecule has 2 nitrogen and oxygen atoms in total. The van der Waals surface area contributed by atoms with Crippen LogP contribution in [0.3, 0.4) is 0 Å². The maximum atomic E-state index is 8.89. The van der Waals surface area contributed by atoms with E-state index in [1.807, 2.05) is 17.5 Å². The normalized spacial score (nSPS) is 10.5. The Hall–Kier alpha value is -0.710. The molecule has 0 aliphatic heterocycles. The van der Waals surface area contributed by atoms with Gasteiger partial charge in [-0.05, 0) is 17.7 Å². The summed E-state index contributed by atoms with van der Waals surface area (Å²) in [4.78, 5) is 4.30. The molecule has 0 amide bonds. The predicted molar refractivity (Wildman–Crippen MR) is 65.0 cm³/mol. The maximum absolute atomic E-state index is 8.89. The van der Waals surface area contributed by atoms with Gasteiger partial charge in [0.1, 0.15) is 0 Å². The number of nitrogens with zero attached hydrogens (tertiary/aromatic N) is 1. The van der Waals surface area contributed by atoms with Gasteiger partial charge in [-0.3, -0.25) is 0 Å². The molecule has 0 unspecified atom stereocenters. The van der Waals surface area contributed by atoms with Gasteiger partial charge in [-0.25, -0.2) is 4.98 Å². The number of benzene rings is 1. The SMILES string of the molecule is OCc1csc(Cc2ccc(Br)cc2)n1. The Labute approximate surface area is 101 Å². The fourth-order valence-corrected chi connectivity index (χ4v) is 2.36. The molecule has 0 spiro atoms. The predicted octanol–water partition coefficient (Wildman–Crippen LogP) is 2.99. The van der Waals surface area contributed by atoms with Crippen LogP contribution < -0.4 is 0 Å². The van der Waals surface area contributed by atoms with E-state index in [2.05, 4.69) is 33.0 Å². The number of hydrogen-bond acceptors (Lipinski definition) is 3. The van der Waals surface area contributed by atoms with E-state index in [-0.39, 0.29) is 6.61 Å². The lowest BCUT2D eigenvalue weighted by Crippen LogP contribution is -1.88. The topological polar surface area (TPSA) is 33.1 Å². The van der Waals surface area contributed by atoms with E-state index in [1.165, 1.54) is 5.56 Å². The van der Waals surface area contributed by atoms with Crippen molar-refractivity contribution in [3.8, 4) is 0 Å². The number of aromatic nitrogens is 1. The standard InChI is InChI=1S/C11H10BrNOS/c12-9-3-1-8(2-4-9)5-11-13-10(6-14)7-15-11/h1-4,7,14H,5-6H2. The van der Waals surface area contributed by atoms with Crippen LogP contribution in [0.2, 0.25) is 0 Å². The van der Waals surface area contributed by atoms with Crippen molar-refractivity contribution in [2.45, 2.75) is 13.0 Å². The summed E-state index contributed by atoms with van der Waals surface area (Å²) in [6, 6.07) is 8.19. The number of rotatable bonds is 3. The maximum Gasteiger partial charge on any atom is 0.0973 e. The highest BCUT2D eigenvalue weighted by molar-refractivity contribution is 9.10. The summed E-state index contributed by atoms with van der Waals surface area (Å²) in [6.07, 6.45) is 0.831. The largest absolute Gasteiger partial charge is 0.390 e. The molecule has 4 heteroatoms. The Kier molecular flexibility index (Phi) is 3.51. The molecule has 1 aromatic carbocycles. The molecular formula is C11H10BrNOS. The van der Waals surface area contributed by atoms with Crippen molar-refractivity contribution in [2.24, 2.45) is 0 Å². The Morgan fingerprint density at radius 3 is 2.60 bits per heavy atom. The molecule has 78 valence electrons. The molecule has 1 N–H and O–H groups in total. The third-order valence-electron chi connectivity index (χ3n) is 2.03. The second-order valence-electron chi connectivity index (χ2n) is 3.19. The first-order valence-electron chi connectivity index (χ1n) is 4.56. The van der Waals surface area contributed by atoms with Gasteiger partial charge in [0.25, 0.3) is 0 Å². The number of thiazole rings is 1. The lowest BCUT2D eigenvalue weighted by molar-refractivity contribution is 0.277. The monoisotopic (exact) mass is 283 g/mol. The van der Waals surface area contributed by atoms with Gasteiger partial charge in [-0.15, -0.1) is 11.3 Å². The third-order valence-corrected chi connectivity index (χ3v) is 3.46. The first-order chi connectivity index (χ1) is 7.28. The van der Waals surface area contributed by atoms with Crippen molar-refractivity contribution in [3.63, 3.8) is 0 Å². The van der Waals surface area contributed by atoms with Crippen molar-refractivity contribution in [2.75, 3.05) is 0 Å². The summed E-state index contributed by atoms with van der Waals surface area (Å²) >= 11 is 4.99. The fourth-order valence-electron chi connectivity index (χ4n) is 1.28. The first kappa shape index (κ1) is 10.8. The van der Waals surface area contributed by atoms with E-state index in [1.54, 1.807) is 11.3 Å². The van der Waals surface area contributed by atoms with Crippen LogP contribution >= 0.6 is 27.3 Å². The van der Waals surface area contributed by atoms with Crippen LogP contribution in [0.25, 0.3) is 0 Å². The highest BCUT2D eigenvalue weighted by Crippen LogP contribution is 2.17. The Balaban J connectivity index is 2.11. The molecule has 0 fully saturated rings. The molecule has 2 rings (SSSR count). The van der Waals surface area contributed by atoms with Crippen LogP contribution in [0.4, 0.5) is 0 Å². The highest BCUT2D eigenvalue weighted by Gasteiger charge is 2.02. The fraction of sp³-hybridized carbons (Fsp3) is 0.182. The summed E-state index contributed by atoms with van der Waals surface area (Å²) in [5, 5.41) is 11.8. The van der Waals surface area contributed by atoms with Gasteiger partial charge < -0.3 is 5.11 Å². The Bertz CT molecular complexity index is 438. The van der Waals surface area contributed by atoms with Crippen molar-refractivity contribution < 1.29 is 5.11 Å². The van der Waals surface area contributed by atoms with Crippen LogP contribution in [0.1, 0.15) is 16.3 Å². The summed E-state index contributed by atoms with van der Waals surface area (Å²) in [7, 11) is 0. The summed E-state index contributed by atoms with van der Waals surface area (Å²) < 4.78 is 1.08. The second-order valence-corrected chi connectivity index (χ2v) is 5.05. The van der Waals surface area contributed by atoms with E-state index in [0.717, 1.165) is 21.6 Å². The minimum absolute atomic E-state index is 0.0246. The smallest absolute Gasteiger partial charge is 0.0973 e. The molecule has 1 heterocycles. The molecule has 0 saturated carbocycles. The van der Waals surface area contributed by atoms with E-state index >= 15 is 0 Å². The van der Waals surface area contributed by atoms with Gasteiger partial charge in [0.15, 0.2) is 0 Å². The first-order valence-corrected chi connectivity index (χ1v) is 6.24. The Morgan fingerprint density at radius 2 is 2.00 bits per heavy atom. The van der Waals surface area contributed by atoms with Gasteiger partial charge >= 0.3 is 0 Å². The van der Waals surface area contributed by atoms with Crippen molar-refractivity contribution >= 4 is 27.3 Å². The van der Waals surface area contributed by atoms with Gasteiger partial charge in [0.05, 0.1) is 17.3 Å². The second kappa shape index (κ2) is 4.88. The Morgan fingerprint density at radius 1 is 1.27 bits per heavy atom. The van der Waals surface area contributed by atoms with Gasteiger partial charge in [0.2, 0.25) is 0 Å². The van der Waals surface area contributed by atoms with Crippen LogP contribution in [0.5, 0.6) is 0 Å². The minimum atomic E-state index is 0.0246. The molecule has 2 aromatic rings. The molecule has 15 heavy (non-hydrogen) atoms. The zero-order valence-electron chi connectivity index (χ0n) is 7.98. The highest BCUT2D eigenvalue weighted by atomic mass is 79.9. The summed E-state index contributed by atoms with van der Waals surface area (Å²) in [6.45, 7) is 0.0246. The summed E-state index contributed by atoms with van der Waals surface area (Å²) in [5.74, 6) is 0. The third kappa shape index (κ3) is 2.87. The average Bonchev–Trinajstić information content (AvgIpc) is 2.69. The molecular weight excluding hydrogens is 274 g/mol. The number of aliphatic hydroxyl groups is 1. The molecule has 0 bridgehead atoms. The van der Waals surface area contributed by atoms with E-state index in [0.29, 0.717) is 0 Å².